The number of hydrogen-bond donors (Lipinski definition) is 1. The molecule has 1 aliphatic heterocycles. The summed E-state index contributed by atoms with van der Waals surface area (Å²) in [4.78, 5) is 24.6. The van der Waals surface area contributed by atoms with E-state index >= 15 is 0 Å². The van der Waals surface area contributed by atoms with Crippen LogP contribution in [0.25, 0.3) is 0 Å². The highest BCUT2D eigenvalue weighted by atomic mass is 79.9. The smallest absolute Gasteiger partial charge is 0.239 e. The predicted octanol–water partition coefficient (Wildman–Crippen LogP) is 0.384. The molecule has 0 saturated carbocycles. The Balaban J connectivity index is 1.73. The summed E-state index contributed by atoms with van der Waals surface area (Å²) in [7, 11) is 0. The standard InChI is InChI=1S/C11H15BrN4O2/c12-9-6-14-16(7-9)4-1-2-11(18)15-5-3-13-10(17)8-15/h6-7H,1-5,8H2,(H,13,17). The van der Waals surface area contributed by atoms with Gasteiger partial charge in [0.05, 0.1) is 17.2 Å². The molecular weight excluding hydrogens is 300 g/mol. The van der Waals surface area contributed by atoms with E-state index in [2.05, 4.69) is 26.3 Å². The molecule has 0 radical (unpaired) electrons. The number of aromatic nitrogens is 2. The molecule has 1 aromatic heterocycles. The van der Waals surface area contributed by atoms with Gasteiger partial charge in [0.15, 0.2) is 0 Å². The van der Waals surface area contributed by atoms with Crippen LogP contribution in [0.5, 0.6) is 0 Å². The number of nitrogens with one attached hydrogen (secondary N) is 1. The minimum absolute atomic E-state index is 0.0380. The third-order valence-electron chi connectivity index (χ3n) is 2.77. The normalized spacial score (nSPS) is 15.6. The van der Waals surface area contributed by atoms with Crippen molar-refractivity contribution in [2.75, 3.05) is 19.6 Å². The minimum atomic E-state index is -0.0781. The highest BCUT2D eigenvalue weighted by Gasteiger charge is 2.20. The van der Waals surface area contributed by atoms with Crippen molar-refractivity contribution in [3.63, 3.8) is 0 Å². The van der Waals surface area contributed by atoms with E-state index in [4.69, 9.17) is 0 Å². The Morgan fingerprint density at radius 1 is 1.56 bits per heavy atom. The molecule has 0 unspecified atom stereocenters. The molecule has 2 heterocycles. The average Bonchev–Trinajstić information content (AvgIpc) is 2.75. The zero-order chi connectivity index (χ0) is 13.0. The van der Waals surface area contributed by atoms with Crippen molar-refractivity contribution in [3.05, 3.63) is 16.9 Å². The number of amides is 2. The van der Waals surface area contributed by atoms with Gasteiger partial charge in [0.25, 0.3) is 0 Å². The summed E-state index contributed by atoms with van der Waals surface area (Å²) >= 11 is 3.32. The second-order valence-electron chi connectivity index (χ2n) is 4.19. The number of halogens is 1. The lowest BCUT2D eigenvalue weighted by atomic mass is 10.2. The monoisotopic (exact) mass is 314 g/mol. The van der Waals surface area contributed by atoms with Crippen LogP contribution >= 0.6 is 15.9 Å². The van der Waals surface area contributed by atoms with Gasteiger partial charge in [0.1, 0.15) is 0 Å². The van der Waals surface area contributed by atoms with Gasteiger partial charge in [-0.05, 0) is 22.4 Å². The van der Waals surface area contributed by atoms with E-state index in [0.29, 0.717) is 26.1 Å². The maximum atomic E-state index is 11.8. The number of piperazine rings is 1. The molecule has 1 saturated heterocycles. The highest BCUT2D eigenvalue weighted by molar-refractivity contribution is 9.10. The fourth-order valence-electron chi connectivity index (χ4n) is 1.86. The number of aryl methyl sites for hydroxylation is 1. The van der Waals surface area contributed by atoms with Crippen molar-refractivity contribution in [3.8, 4) is 0 Å². The van der Waals surface area contributed by atoms with E-state index in [9.17, 15) is 9.59 Å². The number of rotatable bonds is 4. The van der Waals surface area contributed by atoms with Crippen LogP contribution in [0.3, 0.4) is 0 Å². The zero-order valence-electron chi connectivity index (χ0n) is 9.93. The fourth-order valence-corrected chi connectivity index (χ4v) is 2.19. The van der Waals surface area contributed by atoms with Crippen molar-refractivity contribution < 1.29 is 9.59 Å². The second kappa shape index (κ2) is 5.99. The molecule has 2 rings (SSSR count). The van der Waals surface area contributed by atoms with Crippen LogP contribution in [0.2, 0.25) is 0 Å². The summed E-state index contributed by atoms with van der Waals surface area (Å²) in [6.07, 6.45) is 4.77. The summed E-state index contributed by atoms with van der Waals surface area (Å²) in [5.41, 5.74) is 0. The third kappa shape index (κ3) is 3.56. The molecule has 0 aliphatic carbocycles. The predicted molar refractivity (Wildman–Crippen MR) is 68.8 cm³/mol. The molecule has 1 N–H and O–H groups in total. The van der Waals surface area contributed by atoms with Gasteiger partial charge in [0.2, 0.25) is 11.8 Å². The van der Waals surface area contributed by atoms with Gasteiger partial charge >= 0.3 is 0 Å². The van der Waals surface area contributed by atoms with Crippen LogP contribution in [0.1, 0.15) is 12.8 Å². The Morgan fingerprint density at radius 3 is 3.06 bits per heavy atom. The first-order valence-corrected chi connectivity index (χ1v) is 6.67. The fraction of sp³-hybridized carbons (Fsp3) is 0.545. The van der Waals surface area contributed by atoms with Crippen molar-refractivity contribution in [1.82, 2.24) is 20.0 Å². The Kier molecular flexibility index (Phi) is 4.35. The molecule has 7 heteroatoms. The van der Waals surface area contributed by atoms with Crippen LogP contribution in [0.4, 0.5) is 0 Å². The van der Waals surface area contributed by atoms with E-state index in [1.807, 2.05) is 6.20 Å². The molecule has 98 valence electrons. The van der Waals surface area contributed by atoms with Gasteiger partial charge in [-0.15, -0.1) is 0 Å². The van der Waals surface area contributed by atoms with Gasteiger partial charge in [-0.1, -0.05) is 0 Å². The molecular formula is C11H15BrN4O2. The van der Waals surface area contributed by atoms with E-state index in [-0.39, 0.29) is 18.4 Å². The second-order valence-corrected chi connectivity index (χ2v) is 5.11. The van der Waals surface area contributed by atoms with Crippen LogP contribution in [-0.2, 0) is 16.1 Å². The molecule has 2 amide bonds. The molecule has 1 aliphatic rings. The lowest BCUT2D eigenvalue weighted by Crippen LogP contribution is -2.49. The van der Waals surface area contributed by atoms with E-state index in [0.717, 1.165) is 10.9 Å². The molecule has 0 spiro atoms. The largest absolute Gasteiger partial charge is 0.353 e. The van der Waals surface area contributed by atoms with Crippen molar-refractivity contribution in [2.24, 2.45) is 0 Å². The number of hydrogen-bond acceptors (Lipinski definition) is 3. The van der Waals surface area contributed by atoms with Crippen LogP contribution < -0.4 is 5.32 Å². The first-order valence-electron chi connectivity index (χ1n) is 5.87. The minimum Gasteiger partial charge on any atom is -0.353 e. The van der Waals surface area contributed by atoms with E-state index in [1.165, 1.54) is 0 Å². The van der Waals surface area contributed by atoms with Gasteiger partial charge in [-0.2, -0.15) is 5.10 Å². The first kappa shape index (κ1) is 13.1. The summed E-state index contributed by atoms with van der Waals surface area (Å²) in [5, 5.41) is 6.82. The Morgan fingerprint density at radius 2 is 2.39 bits per heavy atom. The summed E-state index contributed by atoms with van der Waals surface area (Å²) in [6.45, 7) is 2.05. The topological polar surface area (TPSA) is 67.2 Å². The van der Waals surface area contributed by atoms with Crippen molar-refractivity contribution in [1.29, 1.82) is 0 Å². The third-order valence-corrected chi connectivity index (χ3v) is 3.18. The zero-order valence-corrected chi connectivity index (χ0v) is 11.5. The summed E-state index contributed by atoms with van der Waals surface area (Å²) in [5.74, 6) is -0.0401. The Hall–Kier alpha value is -1.37. The number of carbonyl (C=O) groups excluding carboxylic acids is 2. The van der Waals surface area contributed by atoms with E-state index < -0.39 is 0 Å². The maximum absolute atomic E-state index is 11.8. The van der Waals surface area contributed by atoms with Crippen LogP contribution in [0, 0.1) is 0 Å². The molecule has 0 aromatic carbocycles. The molecule has 1 aromatic rings. The van der Waals surface area contributed by atoms with E-state index in [1.54, 1.807) is 15.8 Å². The molecule has 1 fully saturated rings. The van der Waals surface area contributed by atoms with Gasteiger partial charge < -0.3 is 10.2 Å². The molecule has 18 heavy (non-hydrogen) atoms. The summed E-state index contributed by atoms with van der Waals surface area (Å²) < 4.78 is 2.72. The lowest BCUT2D eigenvalue weighted by Gasteiger charge is -2.26. The first-order chi connectivity index (χ1) is 8.65. The lowest BCUT2D eigenvalue weighted by molar-refractivity contribution is -0.138. The van der Waals surface area contributed by atoms with Crippen molar-refractivity contribution >= 4 is 27.7 Å². The highest BCUT2D eigenvalue weighted by Crippen LogP contribution is 2.08. The summed E-state index contributed by atoms with van der Waals surface area (Å²) in [6, 6.07) is 0. The van der Waals surface area contributed by atoms with Gasteiger partial charge in [0, 0.05) is 32.3 Å². The number of nitrogens with zero attached hydrogens (tertiary/aromatic N) is 3. The quantitative estimate of drug-likeness (QED) is 0.874. The van der Waals surface area contributed by atoms with Gasteiger partial charge in [-0.25, -0.2) is 0 Å². The average molecular weight is 315 g/mol. The van der Waals surface area contributed by atoms with Gasteiger partial charge in [-0.3, -0.25) is 14.3 Å². The van der Waals surface area contributed by atoms with Crippen LogP contribution in [0.15, 0.2) is 16.9 Å². The maximum Gasteiger partial charge on any atom is 0.239 e. The SMILES string of the molecule is O=C1CN(C(=O)CCCn2cc(Br)cn2)CCN1. The Labute approximate surface area is 113 Å². The number of carbonyl (C=O) groups is 2. The molecule has 0 bridgehead atoms. The van der Waals surface area contributed by atoms with Crippen LogP contribution in [-0.4, -0.2) is 46.1 Å². The van der Waals surface area contributed by atoms with Crippen molar-refractivity contribution in [2.45, 2.75) is 19.4 Å². The molecule has 6 nitrogen and oxygen atoms in total. The Bertz CT molecular complexity index is 446. The molecule has 0 atom stereocenters.